The largest absolute Gasteiger partial charge is 0.478 e. The van der Waals surface area contributed by atoms with Gasteiger partial charge in [0.05, 0.1) is 6.10 Å². The average molecular weight is 603 g/mol. The van der Waals surface area contributed by atoms with E-state index in [0.29, 0.717) is 6.41 Å². The highest BCUT2D eigenvalue weighted by molar-refractivity contribution is 5.91. The van der Waals surface area contributed by atoms with E-state index < -0.39 is 41.5 Å². The van der Waals surface area contributed by atoms with E-state index in [0.717, 1.165) is 28.0 Å². The number of hydrogen-bond acceptors (Lipinski definition) is 6. The molecule has 234 valence electrons. The third kappa shape index (κ3) is 10.0. The first-order chi connectivity index (χ1) is 20.9. The molecule has 4 atom stereocenters. The minimum Gasteiger partial charge on any atom is -0.478 e. The summed E-state index contributed by atoms with van der Waals surface area (Å²) in [7, 11) is 1.53. The fourth-order valence-corrected chi connectivity index (χ4v) is 5.06. The summed E-state index contributed by atoms with van der Waals surface area (Å²) in [6.07, 6.45) is 2.72. The van der Waals surface area contributed by atoms with Crippen LogP contribution in [0.4, 0.5) is 0 Å². The molecule has 44 heavy (non-hydrogen) atoms. The van der Waals surface area contributed by atoms with Crippen LogP contribution in [0.15, 0.2) is 84.9 Å². The lowest BCUT2D eigenvalue weighted by Gasteiger charge is -2.38. The predicted molar refractivity (Wildman–Crippen MR) is 170 cm³/mol. The molecule has 5 N–H and O–H groups in total. The molecule has 0 aromatic heterocycles. The SMILES string of the molecule is C[C@H](O)CNC(=O)[C@@H](Cc1ccccc1)N(C)C(=O)[C@@H](Cc1ccc2ccccc2c1)N(C=O)CC(C)(N)CC=CC(=O)O. The number of aliphatic carboxylic acids is 1. The van der Waals surface area contributed by atoms with Crippen molar-refractivity contribution in [1.82, 2.24) is 15.1 Å². The molecule has 0 saturated carbocycles. The van der Waals surface area contributed by atoms with E-state index in [-0.39, 0.29) is 32.4 Å². The standard InChI is InChI=1S/C34H42N4O6/c1-24(40)21-36-32(43)29(19-25-10-5-4-6-11-25)37(3)33(44)30(20-26-15-16-27-12-7-8-13-28(27)18-26)38(23-39)22-34(2,35)17-9-14-31(41)42/h4-16,18,23-24,29-30,40H,17,19-22,35H2,1-3H3,(H,36,43)(H,41,42)/t24-,29+,30+,34?/m0/s1. The van der Waals surface area contributed by atoms with Gasteiger partial charge in [0.1, 0.15) is 12.1 Å². The number of carbonyl (C=O) groups is 4. The number of fused-ring (bicyclic) bond motifs is 1. The number of rotatable bonds is 16. The molecule has 3 aromatic carbocycles. The van der Waals surface area contributed by atoms with Crippen LogP contribution in [0, 0.1) is 0 Å². The lowest BCUT2D eigenvalue weighted by Crippen LogP contribution is -2.58. The number of nitrogens with one attached hydrogen (secondary N) is 1. The summed E-state index contributed by atoms with van der Waals surface area (Å²) in [5.74, 6) is -2.01. The van der Waals surface area contributed by atoms with E-state index in [4.69, 9.17) is 10.8 Å². The normalized spacial score (nSPS) is 14.8. The van der Waals surface area contributed by atoms with E-state index in [1.807, 2.05) is 72.8 Å². The molecule has 1 unspecified atom stereocenters. The number of carbonyl (C=O) groups excluding carboxylic acids is 3. The molecule has 0 bridgehead atoms. The topological polar surface area (TPSA) is 153 Å². The highest BCUT2D eigenvalue weighted by atomic mass is 16.4. The summed E-state index contributed by atoms with van der Waals surface area (Å²) >= 11 is 0. The van der Waals surface area contributed by atoms with Gasteiger partial charge in [-0.05, 0) is 42.2 Å². The Hall–Kier alpha value is -4.54. The van der Waals surface area contributed by atoms with Crippen molar-refractivity contribution in [2.75, 3.05) is 20.1 Å². The molecule has 10 heteroatoms. The van der Waals surface area contributed by atoms with Gasteiger partial charge < -0.3 is 31.1 Å². The Morgan fingerprint density at radius 2 is 1.59 bits per heavy atom. The maximum atomic E-state index is 14.3. The van der Waals surface area contributed by atoms with Crippen LogP contribution in [0.1, 0.15) is 31.4 Å². The second-order valence-corrected chi connectivity index (χ2v) is 11.5. The summed E-state index contributed by atoms with van der Waals surface area (Å²) in [5.41, 5.74) is 7.08. The van der Waals surface area contributed by atoms with E-state index in [1.54, 1.807) is 13.8 Å². The number of amides is 3. The maximum absolute atomic E-state index is 14.3. The van der Waals surface area contributed by atoms with Crippen molar-refractivity contribution in [3.05, 3.63) is 96.1 Å². The minimum absolute atomic E-state index is 0.0164. The zero-order chi connectivity index (χ0) is 32.3. The molecule has 3 amide bonds. The Morgan fingerprint density at radius 1 is 0.955 bits per heavy atom. The number of carboxylic acids is 1. The highest BCUT2D eigenvalue weighted by Crippen LogP contribution is 2.21. The fraction of sp³-hybridized carbons (Fsp3) is 0.353. The first-order valence-corrected chi connectivity index (χ1v) is 14.5. The molecule has 0 spiro atoms. The van der Waals surface area contributed by atoms with Crippen molar-refractivity contribution in [1.29, 1.82) is 0 Å². The zero-order valence-electron chi connectivity index (χ0n) is 25.4. The molecule has 10 nitrogen and oxygen atoms in total. The Kier molecular flexibility index (Phi) is 12.2. The molecule has 3 aromatic rings. The number of aliphatic hydroxyl groups is 1. The number of nitrogens with two attached hydrogens (primary N) is 1. The summed E-state index contributed by atoms with van der Waals surface area (Å²) in [5, 5.41) is 23.5. The molecule has 0 radical (unpaired) electrons. The number of hydrogen-bond donors (Lipinski definition) is 4. The van der Waals surface area contributed by atoms with Crippen molar-refractivity contribution < 1.29 is 29.4 Å². The maximum Gasteiger partial charge on any atom is 0.327 e. The molecular weight excluding hydrogens is 560 g/mol. The van der Waals surface area contributed by atoms with Crippen molar-refractivity contribution >= 4 is 35.0 Å². The second kappa shape index (κ2) is 15.8. The number of nitrogens with zero attached hydrogens (tertiary/aromatic N) is 2. The third-order valence-electron chi connectivity index (χ3n) is 7.41. The van der Waals surface area contributed by atoms with E-state index in [1.165, 1.54) is 22.9 Å². The highest BCUT2D eigenvalue weighted by Gasteiger charge is 2.36. The molecule has 0 aliphatic carbocycles. The van der Waals surface area contributed by atoms with Gasteiger partial charge >= 0.3 is 5.97 Å². The first-order valence-electron chi connectivity index (χ1n) is 14.5. The van der Waals surface area contributed by atoms with Gasteiger partial charge in [0.15, 0.2) is 0 Å². The number of carboxylic acid groups (broad SMARTS) is 1. The van der Waals surface area contributed by atoms with Gasteiger partial charge in [-0.3, -0.25) is 14.4 Å². The lowest BCUT2D eigenvalue weighted by molar-refractivity contribution is -0.145. The van der Waals surface area contributed by atoms with Crippen LogP contribution < -0.4 is 11.1 Å². The summed E-state index contributed by atoms with van der Waals surface area (Å²) < 4.78 is 0. The first kappa shape index (κ1) is 34.0. The molecule has 0 aliphatic rings. The Balaban J connectivity index is 1.99. The smallest absolute Gasteiger partial charge is 0.327 e. The van der Waals surface area contributed by atoms with Gasteiger partial charge in [-0.1, -0.05) is 78.9 Å². The molecule has 0 heterocycles. The molecule has 3 rings (SSSR count). The Labute approximate surface area is 258 Å². The zero-order valence-corrected chi connectivity index (χ0v) is 25.4. The van der Waals surface area contributed by atoms with Crippen molar-refractivity contribution in [3.8, 4) is 0 Å². The quantitative estimate of drug-likeness (QED) is 0.145. The van der Waals surface area contributed by atoms with Crippen LogP contribution in [0.2, 0.25) is 0 Å². The monoisotopic (exact) mass is 602 g/mol. The second-order valence-electron chi connectivity index (χ2n) is 11.5. The average Bonchev–Trinajstić information content (AvgIpc) is 2.99. The molecule has 0 saturated heterocycles. The van der Waals surface area contributed by atoms with Crippen LogP contribution in [0.3, 0.4) is 0 Å². The van der Waals surface area contributed by atoms with Crippen LogP contribution >= 0.6 is 0 Å². The van der Waals surface area contributed by atoms with Gasteiger partial charge in [0.25, 0.3) is 0 Å². The number of likely N-dealkylation sites (N-methyl/N-ethyl adjacent to an activating group) is 1. The number of aliphatic hydroxyl groups excluding tert-OH is 1. The third-order valence-corrected chi connectivity index (χ3v) is 7.41. The molecule has 0 aliphatic heterocycles. The van der Waals surface area contributed by atoms with E-state index in [2.05, 4.69) is 5.32 Å². The van der Waals surface area contributed by atoms with Crippen LogP contribution in [0.25, 0.3) is 10.8 Å². The molecular formula is C34H42N4O6. The van der Waals surface area contributed by atoms with Gasteiger partial charge in [-0.25, -0.2) is 4.79 Å². The van der Waals surface area contributed by atoms with Crippen LogP contribution in [-0.2, 0) is 32.0 Å². The van der Waals surface area contributed by atoms with Gasteiger partial charge in [0, 0.05) is 44.6 Å². The summed E-state index contributed by atoms with van der Waals surface area (Å²) in [6.45, 7) is 3.20. The van der Waals surface area contributed by atoms with Gasteiger partial charge in [0.2, 0.25) is 18.2 Å². The Bertz CT molecular complexity index is 1460. The predicted octanol–water partition coefficient (Wildman–Crippen LogP) is 2.52. The summed E-state index contributed by atoms with van der Waals surface area (Å²) in [4.78, 5) is 54.0. The fourth-order valence-electron chi connectivity index (χ4n) is 5.06. The van der Waals surface area contributed by atoms with Gasteiger partial charge in [-0.15, -0.1) is 0 Å². The minimum atomic E-state index is -1.11. The lowest BCUT2D eigenvalue weighted by atomic mass is 9.94. The summed E-state index contributed by atoms with van der Waals surface area (Å²) in [6, 6.07) is 21.0. The van der Waals surface area contributed by atoms with Crippen molar-refractivity contribution in [3.63, 3.8) is 0 Å². The van der Waals surface area contributed by atoms with Gasteiger partial charge in [-0.2, -0.15) is 0 Å². The molecule has 0 fully saturated rings. The van der Waals surface area contributed by atoms with E-state index in [9.17, 15) is 24.3 Å². The Morgan fingerprint density at radius 3 is 2.23 bits per heavy atom. The van der Waals surface area contributed by atoms with E-state index >= 15 is 0 Å². The van der Waals surface area contributed by atoms with Crippen LogP contribution in [0.5, 0.6) is 0 Å². The van der Waals surface area contributed by atoms with Crippen molar-refractivity contribution in [2.24, 2.45) is 5.73 Å². The number of benzene rings is 3. The van der Waals surface area contributed by atoms with Crippen molar-refractivity contribution in [2.45, 2.75) is 56.8 Å². The van der Waals surface area contributed by atoms with Crippen LogP contribution in [-0.4, -0.2) is 88.1 Å².